The van der Waals surface area contributed by atoms with Gasteiger partial charge in [0, 0.05) is 23.1 Å². The number of rotatable bonds is 5. The highest BCUT2D eigenvalue weighted by Gasteiger charge is 2.22. The molecule has 0 unspecified atom stereocenters. The monoisotopic (exact) mass is 552 g/mol. The number of carbonyl (C=O) groups excluding carboxylic acids is 1. The summed E-state index contributed by atoms with van der Waals surface area (Å²) in [5, 5.41) is 12.5. The average Bonchev–Trinajstić information content (AvgIpc) is 3.33. The van der Waals surface area contributed by atoms with Gasteiger partial charge in [-0.15, -0.1) is 0 Å². The van der Waals surface area contributed by atoms with Crippen molar-refractivity contribution in [3.63, 3.8) is 0 Å². The van der Waals surface area contributed by atoms with Crippen LogP contribution in [0.5, 0.6) is 0 Å². The number of urea groups is 1. The molecule has 8 heteroatoms. The molecular weight excluding hydrogens is 520 g/mol. The molecule has 2 amide bonds. The molecule has 5 aromatic rings. The Labute approximate surface area is 234 Å². The molecule has 4 aromatic carbocycles. The normalized spacial score (nSPS) is 11.9. The van der Waals surface area contributed by atoms with Crippen molar-refractivity contribution < 1.29 is 13.2 Å². The lowest BCUT2D eigenvalue weighted by atomic mass is 9.92. The molecular formula is C32H32N4O3S. The van der Waals surface area contributed by atoms with Gasteiger partial charge in [0.15, 0.2) is 9.84 Å². The number of nitrogens with zero attached hydrogens (tertiary/aromatic N) is 2. The second kappa shape index (κ2) is 10.3. The maximum Gasteiger partial charge on any atom is 0.324 e. The van der Waals surface area contributed by atoms with Gasteiger partial charge in [0.2, 0.25) is 0 Å². The number of aryl methyl sites for hydroxylation is 1. The maximum absolute atomic E-state index is 13.3. The summed E-state index contributed by atoms with van der Waals surface area (Å²) in [5.41, 5.74) is 4.93. The smallest absolute Gasteiger partial charge is 0.307 e. The molecule has 0 aliphatic heterocycles. The number of carbonyl (C=O) groups is 1. The van der Waals surface area contributed by atoms with Crippen LogP contribution >= 0.6 is 0 Å². The number of aromatic nitrogens is 2. The first-order valence-electron chi connectivity index (χ1n) is 13.0. The second-order valence-corrected chi connectivity index (χ2v) is 13.0. The number of anilines is 2. The molecule has 204 valence electrons. The summed E-state index contributed by atoms with van der Waals surface area (Å²) >= 11 is 0. The van der Waals surface area contributed by atoms with Crippen molar-refractivity contribution in [1.82, 2.24) is 9.78 Å². The zero-order valence-corrected chi connectivity index (χ0v) is 24.0. The maximum atomic E-state index is 13.3. The zero-order valence-electron chi connectivity index (χ0n) is 23.2. The van der Waals surface area contributed by atoms with Crippen LogP contribution in [0.1, 0.15) is 32.0 Å². The van der Waals surface area contributed by atoms with Gasteiger partial charge in [0.05, 0.1) is 22.0 Å². The van der Waals surface area contributed by atoms with Gasteiger partial charge in [0.1, 0.15) is 5.82 Å². The summed E-state index contributed by atoms with van der Waals surface area (Å²) in [6, 6.07) is 27.8. The molecule has 0 aliphatic rings. The number of amides is 2. The molecule has 0 radical (unpaired) electrons. The van der Waals surface area contributed by atoms with Crippen molar-refractivity contribution in [1.29, 1.82) is 0 Å². The van der Waals surface area contributed by atoms with Crippen molar-refractivity contribution in [3.8, 4) is 16.8 Å². The number of hydrogen-bond donors (Lipinski definition) is 2. The Morgan fingerprint density at radius 3 is 2.20 bits per heavy atom. The summed E-state index contributed by atoms with van der Waals surface area (Å²) in [6.45, 7) is 8.27. The van der Waals surface area contributed by atoms with Crippen LogP contribution in [0, 0.1) is 6.92 Å². The van der Waals surface area contributed by atoms with E-state index in [1.165, 1.54) is 6.26 Å². The molecule has 7 nitrogen and oxygen atoms in total. The van der Waals surface area contributed by atoms with Gasteiger partial charge in [-0.05, 0) is 53.8 Å². The zero-order chi connectivity index (χ0) is 28.7. The summed E-state index contributed by atoms with van der Waals surface area (Å²) in [6.07, 6.45) is 1.20. The van der Waals surface area contributed by atoms with Gasteiger partial charge in [-0.3, -0.25) is 5.32 Å². The Kier molecular flexibility index (Phi) is 6.98. The van der Waals surface area contributed by atoms with E-state index in [0.29, 0.717) is 11.5 Å². The van der Waals surface area contributed by atoms with Gasteiger partial charge in [-0.1, -0.05) is 80.9 Å². The van der Waals surface area contributed by atoms with Crippen molar-refractivity contribution >= 4 is 38.1 Å². The first-order chi connectivity index (χ1) is 18.9. The molecule has 0 atom stereocenters. The number of fused-ring (bicyclic) bond motifs is 1. The second-order valence-electron chi connectivity index (χ2n) is 11.0. The number of nitrogens with one attached hydrogen (secondary N) is 2. The van der Waals surface area contributed by atoms with E-state index >= 15 is 0 Å². The van der Waals surface area contributed by atoms with E-state index in [-0.39, 0.29) is 10.3 Å². The van der Waals surface area contributed by atoms with E-state index in [1.54, 1.807) is 22.9 Å². The van der Waals surface area contributed by atoms with E-state index in [4.69, 9.17) is 5.10 Å². The summed E-state index contributed by atoms with van der Waals surface area (Å²) in [7, 11) is -3.35. The van der Waals surface area contributed by atoms with Gasteiger partial charge in [-0.2, -0.15) is 5.10 Å². The predicted molar refractivity (Wildman–Crippen MR) is 162 cm³/mol. The Balaban J connectivity index is 1.48. The fraction of sp³-hybridized carbons (Fsp3) is 0.188. The lowest BCUT2D eigenvalue weighted by Gasteiger charge is -2.14. The van der Waals surface area contributed by atoms with Crippen LogP contribution in [-0.2, 0) is 15.3 Å². The van der Waals surface area contributed by atoms with Crippen LogP contribution in [0.3, 0.4) is 0 Å². The van der Waals surface area contributed by atoms with Crippen molar-refractivity contribution in [2.24, 2.45) is 0 Å². The molecule has 40 heavy (non-hydrogen) atoms. The third kappa shape index (κ3) is 5.62. The summed E-state index contributed by atoms with van der Waals surface area (Å²) in [4.78, 5) is 13.6. The molecule has 0 bridgehead atoms. The van der Waals surface area contributed by atoms with Crippen LogP contribution in [0.15, 0.2) is 95.9 Å². The molecule has 1 aromatic heterocycles. The molecule has 0 aliphatic carbocycles. The third-order valence-electron chi connectivity index (χ3n) is 6.74. The molecule has 0 saturated heterocycles. The Morgan fingerprint density at radius 1 is 0.825 bits per heavy atom. The number of hydrogen-bond acceptors (Lipinski definition) is 4. The number of benzene rings is 4. The Hall–Kier alpha value is -4.43. The first-order valence-corrected chi connectivity index (χ1v) is 14.9. The average molecular weight is 553 g/mol. The molecule has 0 fully saturated rings. The van der Waals surface area contributed by atoms with Crippen LogP contribution in [0.25, 0.3) is 27.6 Å². The topological polar surface area (TPSA) is 93.1 Å². The lowest BCUT2D eigenvalue weighted by Crippen LogP contribution is -2.21. The predicted octanol–water partition coefficient (Wildman–Crippen LogP) is 7.35. The van der Waals surface area contributed by atoms with Crippen LogP contribution in [-0.4, -0.2) is 30.5 Å². The van der Waals surface area contributed by atoms with E-state index in [9.17, 15) is 13.2 Å². The number of sulfone groups is 1. The Bertz CT molecular complexity index is 1830. The van der Waals surface area contributed by atoms with Gasteiger partial charge < -0.3 is 5.32 Å². The van der Waals surface area contributed by atoms with Gasteiger partial charge >= 0.3 is 6.03 Å². The molecule has 2 N–H and O–H groups in total. The third-order valence-corrected chi connectivity index (χ3v) is 7.85. The molecule has 5 rings (SSSR count). The fourth-order valence-corrected chi connectivity index (χ4v) is 5.21. The SMILES string of the molecule is Cc1ccc(-n2nc(C(C)(C)C)cc2NC(=O)Nc2ccc(-c3cccc(S(C)(=O)=O)c3)c3ccccc23)cc1. The summed E-state index contributed by atoms with van der Waals surface area (Å²) in [5.74, 6) is 0.560. The van der Waals surface area contributed by atoms with Crippen LogP contribution in [0.4, 0.5) is 16.3 Å². The highest BCUT2D eigenvalue weighted by molar-refractivity contribution is 7.90. The minimum Gasteiger partial charge on any atom is -0.307 e. The van der Waals surface area contributed by atoms with Crippen LogP contribution < -0.4 is 10.6 Å². The van der Waals surface area contributed by atoms with E-state index < -0.39 is 15.9 Å². The van der Waals surface area contributed by atoms with Crippen molar-refractivity contribution in [2.75, 3.05) is 16.9 Å². The fourth-order valence-electron chi connectivity index (χ4n) is 4.54. The van der Waals surface area contributed by atoms with E-state index in [0.717, 1.165) is 38.8 Å². The molecule has 1 heterocycles. The Morgan fingerprint density at radius 2 is 1.52 bits per heavy atom. The standard InChI is InChI=1S/C32H32N4O3S/c1-21-13-15-23(16-14-21)36-30(20-29(35-36)32(2,3)4)34-31(37)33-28-18-17-25(26-11-6-7-12-27(26)28)22-9-8-10-24(19-22)40(5,38)39/h6-20H,1-5H3,(H2,33,34,37). The van der Waals surface area contributed by atoms with E-state index in [1.807, 2.05) is 79.7 Å². The highest BCUT2D eigenvalue weighted by Crippen LogP contribution is 2.34. The first kappa shape index (κ1) is 27.1. The molecule has 0 saturated carbocycles. The highest BCUT2D eigenvalue weighted by atomic mass is 32.2. The minimum atomic E-state index is -3.35. The summed E-state index contributed by atoms with van der Waals surface area (Å²) < 4.78 is 26.0. The van der Waals surface area contributed by atoms with Crippen molar-refractivity contribution in [2.45, 2.75) is 38.0 Å². The minimum absolute atomic E-state index is 0.205. The van der Waals surface area contributed by atoms with E-state index in [2.05, 4.69) is 31.4 Å². The van der Waals surface area contributed by atoms with Crippen LogP contribution in [0.2, 0.25) is 0 Å². The van der Waals surface area contributed by atoms with Crippen molar-refractivity contribution in [3.05, 3.63) is 102 Å². The van der Waals surface area contributed by atoms with Gasteiger partial charge in [0.25, 0.3) is 0 Å². The largest absolute Gasteiger partial charge is 0.324 e. The molecule has 0 spiro atoms. The van der Waals surface area contributed by atoms with Gasteiger partial charge in [-0.25, -0.2) is 17.9 Å². The quantitative estimate of drug-likeness (QED) is 0.238. The lowest BCUT2D eigenvalue weighted by molar-refractivity contribution is 0.262.